The smallest absolute Gasteiger partial charge is 0.254 e. The van der Waals surface area contributed by atoms with Crippen LogP contribution in [-0.2, 0) is 14.6 Å². The number of pyridine rings is 3. The maximum Gasteiger partial charge on any atom is 0.254 e. The molecule has 0 aromatic carbocycles. The van der Waals surface area contributed by atoms with Crippen molar-refractivity contribution in [1.82, 2.24) is 20.3 Å². The van der Waals surface area contributed by atoms with Crippen LogP contribution in [0.2, 0.25) is 0 Å². The molecule has 3 heterocycles. The van der Waals surface area contributed by atoms with Crippen LogP contribution in [0.3, 0.4) is 0 Å². The molecule has 1 fully saturated rings. The molecule has 0 radical (unpaired) electrons. The number of carbonyl (C=O) groups is 2. The predicted molar refractivity (Wildman–Crippen MR) is 139 cm³/mol. The molecule has 3 aromatic heterocycles. The number of carbonyl (C=O) groups excluding carboxylic acids is 2. The van der Waals surface area contributed by atoms with Crippen LogP contribution < -0.4 is 20.7 Å². The summed E-state index contributed by atoms with van der Waals surface area (Å²) >= 11 is 0. The Balaban J connectivity index is 1.70. The SMILES string of the molecule is CNC(=O)c1cnc(NC(=O)C2CC2)cc1Nc1nccc(-c2ccc(S(=O)(=O)C(C)C)cn2)c1OC. The van der Waals surface area contributed by atoms with E-state index < -0.39 is 15.1 Å². The fourth-order valence-corrected chi connectivity index (χ4v) is 4.57. The highest BCUT2D eigenvalue weighted by Crippen LogP contribution is 2.37. The van der Waals surface area contributed by atoms with Crippen molar-refractivity contribution in [2.24, 2.45) is 5.92 Å². The Hall–Kier alpha value is -4.06. The lowest BCUT2D eigenvalue weighted by molar-refractivity contribution is -0.117. The molecule has 0 bridgehead atoms. The van der Waals surface area contributed by atoms with Crippen LogP contribution >= 0.6 is 0 Å². The number of rotatable bonds is 9. The molecule has 194 valence electrons. The van der Waals surface area contributed by atoms with E-state index in [1.165, 1.54) is 38.8 Å². The zero-order valence-electron chi connectivity index (χ0n) is 20.9. The van der Waals surface area contributed by atoms with Crippen LogP contribution in [0.4, 0.5) is 17.3 Å². The Morgan fingerprint density at radius 1 is 1.08 bits per heavy atom. The van der Waals surface area contributed by atoms with Crippen molar-refractivity contribution in [2.75, 3.05) is 24.8 Å². The van der Waals surface area contributed by atoms with E-state index in [-0.39, 0.29) is 34.0 Å². The standard InChI is InChI=1S/C25H28N6O5S/c1-14(2)37(34,35)16-7-8-19(28-12-16)17-9-10-27-23(22(17)36-4)30-20-11-21(31-24(32)15-5-6-15)29-13-18(20)25(33)26-3/h7-15H,5-6H2,1-4H3,(H,26,33)(H2,27,29,30,31,32). The van der Waals surface area contributed by atoms with Crippen molar-refractivity contribution in [3.05, 3.63) is 48.4 Å². The van der Waals surface area contributed by atoms with E-state index in [0.717, 1.165) is 12.8 Å². The maximum atomic E-state index is 12.5. The molecule has 0 atom stereocenters. The first kappa shape index (κ1) is 26.0. The number of nitrogens with one attached hydrogen (secondary N) is 3. The van der Waals surface area contributed by atoms with Crippen LogP contribution in [-0.4, -0.2) is 54.6 Å². The summed E-state index contributed by atoms with van der Waals surface area (Å²) in [6.07, 6.45) is 5.92. The summed E-state index contributed by atoms with van der Waals surface area (Å²) in [5.41, 5.74) is 1.63. The van der Waals surface area contributed by atoms with E-state index >= 15 is 0 Å². The normalized spacial score (nSPS) is 13.2. The van der Waals surface area contributed by atoms with Crippen molar-refractivity contribution < 1.29 is 22.7 Å². The molecule has 2 amide bonds. The number of amides is 2. The minimum absolute atomic E-state index is 0.00955. The Labute approximate surface area is 215 Å². The third-order valence-electron chi connectivity index (χ3n) is 5.90. The molecule has 11 nitrogen and oxygen atoms in total. The molecule has 0 unspecified atom stereocenters. The summed E-state index contributed by atoms with van der Waals surface area (Å²) in [5, 5.41) is 7.89. The first-order valence-corrected chi connectivity index (χ1v) is 13.2. The third kappa shape index (κ3) is 5.53. The summed E-state index contributed by atoms with van der Waals surface area (Å²) in [7, 11) is -0.490. The molecular weight excluding hydrogens is 496 g/mol. The predicted octanol–water partition coefficient (Wildman–Crippen LogP) is 3.18. The number of sulfone groups is 1. The highest BCUT2D eigenvalue weighted by Gasteiger charge is 2.30. The quantitative estimate of drug-likeness (QED) is 0.383. The van der Waals surface area contributed by atoms with Gasteiger partial charge in [-0.15, -0.1) is 0 Å². The molecule has 37 heavy (non-hydrogen) atoms. The fraction of sp³-hybridized carbons (Fsp3) is 0.320. The highest BCUT2D eigenvalue weighted by molar-refractivity contribution is 7.92. The summed E-state index contributed by atoms with van der Waals surface area (Å²) in [4.78, 5) is 37.8. The number of ether oxygens (including phenoxy) is 1. The molecule has 0 saturated heterocycles. The van der Waals surface area contributed by atoms with Gasteiger partial charge in [-0.2, -0.15) is 0 Å². The van der Waals surface area contributed by atoms with Crippen molar-refractivity contribution in [3.63, 3.8) is 0 Å². The molecule has 3 N–H and O–H groups in total. The molecule has 1 saturated carbocycles. The van der Waals surface area contributed by atoms with E-state index in [0.29, 0.717) is 28.5 Å². The second kappa shape index (κ2) is 10.5. The average molecular weight is 525 g/mol. The van der Waals surface area contributed by atoms with Gasteiger partial charge in [0.05, 0.1) is 34.2 Å². The first-order chi connectivity index (χ1) is 17.6. The summed E-state index contributed by atoms with van der Waals surface area (Å²) < 4.78 is 30.5. The minimum Gasteiger partial charge on any atom is -0.492 e. The van der Waals surface area contributed by atoms with Gasteiger partial charge in [0, 0.05) is 43.2 Å². The second-order valence-corrected chi connectivity index (χ2v) is 11.3. The van der Waals surface area contributed by atoms with Gasteiger partial charge in [0.1, 0.15) is 5.82 Å². The number of aromatic nitrogens is 3. The molecule has 0 aliphatic heterocycles. The second-order valence-electron chi connectivity index (χ2n) is 8.80. The van der Waals surface area contributed by atoms with Crippen LogP contribution in [0.5, 0.6) is 5.75 Å². The Morgan fingerprint density at radius 2 is 1.84 bits per heavy atom. The molecular formula is C25H28N6O5S. The van der Waals surface area contributed by atoms with Gasteiger partial charge in [-0.25, -0.2) is 18.4 Å². The zero-order valence-corrected chi connectivity index (χ0v) is 21.7. The van der Waals surface area contributed by atoms with Gasteiger partial charge in [-0.3, -0.25) is 14.6 Å². The monoisotopic (exact) mass is 524 g/mol. The molecule has 4 rings (SSSR count). The van der Waals surface area contributed by atoms with Crippen LogP contribution in [0.1, 0.15) is 37.0 Å². The molecule has 1 aliphatic carbocycles. The number of methoxy groups -OCH3 is 1. The Bertz CT molecular complexity index is 1440. The Morgan fingerprint density at radius 3 is 2.43 bits per heavy atom. The largest absolute Gasteiger partial charge is 0.492 e. The summed E-state index contributed by atoms with van der Waals surface area (Å²) in [6.45, 7) is 3.23. The van der Waals surface area contributed by atoms with Crippen LogP contribution in [0.25, 0.3) is 11.3 Å². The fourth-order valence-electron chi connectivity index (χ4n) is 3.57. The lowest BCUT2D eigenvalue weighted by Gasteiger charge is -2.16. The topological polar surface area (TPSA) is 152 Å². The average Bonchev–Trinajstić information content (AvgIpc) is 3.74. The van der Waals surface area contributed by atoms with Gasteiger partial charge in [0.2, 0.25) is 5.91 Å². The summed E-state index contributed by atoms with van der Waals surface area (Å²) in [5.74, 6) is 0.413. The molecule has 12 heteroatoms. The van der Waals surface area contributed by atoms with Gasteiger partial charge >= 0.3 is 0 Å². The van der Waals surface area contributed by atoms with Crippen molar-refractivity contribution in [1.29, 1.82) is 0 Å². The van der Waals surface area contributed by atoms with Crippen LogP contribution in [0, 0.1) is 5.92 Å². The number of hydrogen-bond donors (Lipinski definition) is 3. The van der Waals surface area contributed by atoms with Gasteiger partial charge in [0.25, 0.3) is 5.91 Å². The third-order valence-corrected chi connectivity index (χ3v) is 8.04. The molecule has 3 aromatic rings. The minimum atomic E-state index is -3.46. The number of anilines is 3. The maximum absolute atomic E-state index is 12.5. The van der Waals surface area contributed by atoms with E-state index in [1.807, 2.05) is 0 Å². The van der Waals surface area contributed by atoms with Gasteiger partial charge in [0.15, 0.2) is 21.4 Å². The first-order valence-electron chi connectivity index (χ1n) is 11.7. The van der Waals surface area contributed by atoms with Crippen molar-refractivity contribution in [2.45, 2.75) is 36.8 Å². The van der Waals surface area contributed by atoms with E-state index in [1.54, 1.807) is 32.0 Å². The van der Waals surface area contributed by atoms with E-state index in [2.05, 4.69) is 30.9 Å². The van der Waals surface area contributed by atoms with Gasteiger partial charge in [-0.1, -0.05) is 0 Å². The van der Waals surface area contributed by atoms with E-state index in [4.69, 9.17) is 4.74 Å². The highest BCUT2D eigenvalue weighted by atomic mass is 32.2. The number of hydrogen-bond acceptors (Lipinski definition) is 9. The molecule has 0 spiro atoms. The number of nitrogens with zero attached hydrogens (tertiary/aromatic N) is 3. The van der Waals surface area contributed by atoms with Crippen LogP contribution in [0.15, 0.2) is 47.8 Å². The lowest BCUT2D eigenvalue weighted by Crippen LogP contribution is -2.20. The Kier molecular flexibility index (Phi) is 7.39. The van der Waals surface area contributed by atoms with Crippen molar-refractivity contribution >= 4 is 39.0 Å². The van der Waals surface area contributed by atoms with Gasteiger partial charge in [-0.05, 0) is 44.9 Å². The summed E-state index contributed by atoms with van der Waals surface area (Å²) in [6, 6.07) is 6.36. The zero-order chi connectivity index (χ0) is 26.7. The van der Waals surface area contributed by atoms with Gasteiger partial charge < -0.3 is 20.7 Å². The lowest BCUT2D eigenvalue weighted by atomic mass is 10.1. The van der Waals surface area contributed by atoms with Crippen molar-refractivity contribution in [3.8, 4) is 17.0 Å². The molecule has 1 aliphatic rings. The van der Waals surface area contributed by atoms with E-state index in [9.17, 15) is 18.0 Å².